The van der Waals surface area contributed by atoms with Crippen molar-refractivity contribution in [2.75, 3.05) is 7.11 Å². The molecule has 0 atom stereocenters. The molecule has 0 unspecified atom stereocenters. The highest BCUT2D eigenvalue weighted by atomic mass is 16.5. The summed E-state index contributed by atoms with van der Waals surface area (Å²) in [6, 6.07) is 16.0. The molecule has 4 aromatic rings. The molecule has 4 heteroatoms. The molecule has 2 aromatic carbocycles. The highest BCUT2D eigenvalue weighted by Crippen LogP contribution is 2.27. The predicted octanol–water partition coefficient (Wildman–Crippen LogP) is 3.56. The normalized spacial score (nSPS) is 11.1. The third-order valence-electron chi connectivity index (χ3n) is 3.62. The third kappa shape index (κ3) is 1.84. The number of para-hydroxylation sites is 2. The van der Waals surface area contributed by atoms with Crippen LogP contribution in [0.1, 0.15) is 0 Å². The minimum absolute atomic E-state index is 0.837. The van der Waals surface area contributed by atoms with E-state index in [-0.39, 0.29) is 0 Å². The quantitative estimate of drug-likeness (QED) is 0.561. The van der Waals surface area contributed by atoms with Gasteiger partial charge in [0.25, 0.3) is 0 Å². The molecule has 0 saturated carbocycles. The largest absolute Gasteiger partial charge is 0.497 e. The van der Waals surface area contributed by atoms with Crippen molar-refractivity contribution < 1.29 is 4.74 Å². The van der Waals surface area contributed by atoms with Gasteiger partial charge < -0.3 is 4.74 Å². The van der Waals surface area contributed by atoms with E-state index in [9.17, 15) is 0 Å². The van der Waals surface area contributed by atoms with Crippen molar-refractivity contribution in [2.24, 2.45) is 0 Å². The summed E-state index contributed by atoms with van der Waals surface area (Å²) in [5.41, 5.74) is 4.98. The Balaban J connectivity index is 2.03. The first kappa shape index (κ1) is 11.9. The van der Waals surface area contributed by atoms with E-state index < -0.39 is 0 Å². The van der Waals surface area contributed by atoms with Crippen LogP contribution in [0.25, 0.3) is 27.8 Å². The van der Waals surface area contributed by atoms with E-state index in [1.807, 2.05) is 55.0 Å². The summed E-state index contributed by atoms with van der Waals surface area (Å²) in [6.07, 6.45) is 3.67. The molecule has 0 aliphatic carbocycles. The van der Waals surface area contributed by atoms with Crippen molar-refractivity contribution in [3.05, 3.63) is 61.1 Å². The van der Waals surface area contributed by atoms with Crippen LogP contribution >= 0.6 is 0 Å². The zero-order chi connectivity index (χ0) is 14.2. The first-order valence-electron chi connectivity index (χ1n) is 6.72. The van der Waals surface area contributed by atoms with Gasteiger partial charge in [0.05, 0.1) is 41.9 Å². The number of aromatic nitrogens is 3. The van der Waals surface area contributed by atoms with E-state index in [0.29, 0.717) is 0 Å². The van der Waals surface area contributed by atoms with Crippen molar-refractivity contribution >= 4 is 16.6 Å². The number of ether oxygens (including phenoxy) is 1. The van der Waals surface area contributed by atoms with Gasteiger partial charge in [-0.15, -0.1) is 0 Å². The highest BCUT2D eigenvalue weighted by molar-refractivity contribution is 5.87. The van der Waals surface area contributed by atoms with Crippen molar-refractivity contribution in [2.45, 2.75) is 0 Å². The maximum atomic E-state index is 5.21. The van der Waals surface area contributed by atoms with Gasteiger partial charge in [0.2, 0.25) is 0 Å². The number of hydrogen-bond acceptors (Lipinski definition) is 3. The Morgan fingerprint density at radius 3 is 2.57 bits per heavy atom. The maximum absolute atomic E-state index is 5.21. The highest BCUT2D eigenvalue weighted by Gasteiger charge is 2.10. The van der Waals surface area contributed by atoms with Crippen LogP contribution in [0.15, 0.2) is 61.1 Å². The molecule has 0 aliphatic rings. The molecule has 0 bridgehead atoms. The number of fused-ring (bicyclic) bond motifs is 3. The van der Waals surface area contributed by atoms with Crippen LogP contribution in [-0.4, -0.2) is 21.5 Å². The van der Waals surface area contributed by atoms with Crippen molar-refractivity contribution in [3.63, 3.8) is 0 Å². The number of rotatable bonds is 2. The van der Waals surface area contributed by atoms with Gasteiger partial charge in [-0.2, -0.15) is 0 Å². The third-order valence-corrected chi connectivity index (χ3v) is 3.62. The van der Waals surface area contributed by atoms with Gasteiger partial charge in [-0.05, 0) is 36.4 Å². The molecule has 0 amide bonds. The average Bonchev–Trinajstić information content (AvgIpc) is 3.04. The Morgan fingerprint density at radius 2 is 1.76 bits per heavy atom. The molecule has 0 saturated heterocycles. The molecule has 102 valence electrons. The molecule has 2 aromatic heterocycles. The fraction of sp³-hybridized carbons (Fsp3) is 0.0588. The lowest BCUT2D eigenvalue weighted by molar-refractivity contribution is 0.415. The number of benzene rings is 2. The second kappa shape index (κ2) is 4.59. The Kier molecular flexibility index (Phi) is 2.60. The Labute approximate surface area is 121 Å². The van der Waals surface area contributed by atoms with Gasteiger partial charge in [0, 0.05) is 5.56 Å². The van der Waals surface area contributed by atoms with E-state index in [1.54, 1.807) is 7.11 Å². The van der Waals surface area contributed by atoms with Crippen LogP contribution in [0, 0.1) is 0 Å². The summed E-state index contributed by atoms with van der Waals surface area (Å²) in [5.74, 6) is 0.837. The Morgan fingerprint density at radius 1 is 0.952 bits per heavy atom. The van der Waals surface area contributed by atoms with Crippen molar-refractivity contribution in [1.29, 1.82) is 0 Å². The molecular weight excluding hydrogens is 262 g/mol. The molecule has 0 spiro atoms. The summed E-state index contributed by atoms with van der Waals surface area (Å²) < 4.78 is 7.28. The lowest BCUT2D eigenvalue weighted by atomic mass is 10.1. The van der Waals surface area contributed by atoms with Crippen molar-refractivity contribution in [1.82, 2.24) is 14.4 Å². The molecule has 4 nitrogen and oxygen atoms in total. The van der Waals surface area contributed by atoms with E-state index in [2.05, 4.69) is 15.5 Å². The minimum atomic E-state index is 0.837. The molecule has 0 N–H and O–H groups in total. The lowest BCUT2D eigenvalue weighted by Gasteiger charge is -2.08. The van der Waals surface area contributed by atoms with Crippen LogP contribution in [0.4, 0.5) is 0 Å². The number of imidazole rings is 1. The second-order valence-electron chi connectivity index (χ2n) is 4.83. The first-order chi connectivity index (χ1) is 10.4. The van der Waals surface area contributed by atoms with Gasteiger partial charge in [0.1, 0.15) is 5.75 Å². The Hall–Kier alpha value is -2.88. The van der Waals surface area contributed by atoms with Crippen molar-refractivity contribution in [3.8, 4) is 17.0 Å². The minimum Gasteiger partial charge on any atom is -0.497 e. The standard InChI is InChI=1S/C17H13N3O/c1-21-13-8-6-12(7-9-13)17-16-10-18-11-20(16)15-5-3-2-4-14(15)19-17/h2-11H,1H3. The van der Waals surface area contributed by atoms with Gasteiger partial charge in [0.15, 0.2) is 0 Å². The molecule has 0 fully saturated rings. The van der Waals surface area contributed by atoms with Crippen LogP contribution in [0.3, 0.4) is 0 Å². The van der Waals surface area contributed by atoms with Crippen LogP contribution < -0.4 is 4.74 Å². The van der Waals surface area contributed by atoms with E-state index in [1.165, 1.54) is 0 Å². The van der Waals surface area contributed by atoms with E-state index in [4.69, 9.17) is 9.72 Å². The summed E-state index contributed by atoms with van der Waals surface area (Å²) in [7, 11) is 1.67. The first-order valence-corrected chi connectivity index (χ1v) is 6.72. The monoisotopic (exact) mass is 275 g/mol. The van der Waals surface area contributed by atoms with Gasteiger partial charge in [-0.3, -0.25) is 4.40 Å². The van der Waals surface area contributed by atoms with E-state index >= 15 is 0 Å². The van der Waals surface area contributed by atoms with Crippen LogP contribution in [0.5, 0.6) is 5.75 Å². The SMILES string of the molecule is COc1ccc(-c2nc3ccccc3n3cncc23)cc1. The Bertz CT molecular complexity index is 926. The van der Waals surface area contributed by atoms with Gasteiger partial charge >= 0.3 is 0 Å². The molecule has 4 rings (SSSR count). The second-order valence-corrected chi connectivity index (χ2v) is 4.83. The van der Waals surface area contributed by atoms with Crippen LogP contribution in [0.2, 0.25) is 0 Å². The molecule has 0 radical (unpaired) electrons. The summed E-state index contributed by atoms with van der Waals surface area (Å²) in [4.78, 5) is 9.07. The summed E-state index contributed by atoms with van der Waals surface area (Å²) in [5, 5.41) is 0. The zero-order valence-corrected chi connectivity index (χ0v) is 11.5. The topological polar surface area (TPSA) is 39.4 Å². The number of nitrogens with zero attached hydrogens (tertiary/aromatic N) is 3. The average molecular weight is 275 g/mol. The van der Waals surface area contributed by atoms with E-state index in [0.717, 1.165) is 33.6 Å². The summed E-state index contributed by atoms with van der Waals surface area (Å²) in [6.45, 7) is 0. The summed E-state index contributed by atoms with van der Waals surface area (Å²) >= 11 is 0. The molecule has 2 heterocycles. The van der Waals surface area contributed by atoms with Gasteiger partial charge in [-0.1, -0.05) is 12.1 Å². The van der Waals surface area contributed by atoms with Crippen LogP contribution in [-0.2, 0) is 0 Å². The fourth-order valence-corrected chi connectivity index (χ4v) is 2.56. The predicted molar refractivity (Wildman–Crippen MR) is 82.5 cm³/mol. The zero-order valence-electron chi connectivity index (χ0n) is 11.5. The number of methoxy groups -OCH3 is 1. The molecule has 0 aliphatic heterocycles. The maximum Gasteiger partial charge on any atom is 0.118 e. The fourth-order valence-electron chi connectivity index (χ4n) is 2.56. The van der Waals surface area contributed by atoms with Gasteiger partial charge in [-0.25, -0.2) is 9.97 Å². The lowest BCUT2D eigenvalue weighted by Crippen LogP contribution is -1.94. The number of hydrogen-bond donors (Lipinski definition) is 0. The molecular formula is C17H13N3O. The smallest absolute Gasteiger partial charge is 0.118 e. The molecule has 21 heavy (non-hydrogen) atoms.